The van der Waals surface area contributed by atoms with E-state index in [1.54, 1.807) is 0 Å². The van der Waals surface area contributed by atoms with Crippen LogP contribution in [-0.4, -0.2) is 39.3 Å². The van der Waals surface area contributed by atoms with E-state index in [2.05, 4.69) is 20.5 Å². The third-order valence-corrected chi connectivity index (χ3v) is 6.34. The molecule has 2 aliphatic rings. The third kappa shape index (κ3) is 4.08. The first-order valence-corrected chi connectivity index (χ1v) is 10.7. The lowest BCUT2D eigenvalue weighted by Gasteiger charge is -2.35. The highest BCUT2D eigenvalue weighted by atomic mass is 19.4. The second kappa shape index (κ2) is 8.36. The minimum absolute atomic E-state index is 0. The molecule has 1 saturated heterocycles. The second-order valence-electron chi connectivity index (χ2n) is 8.40. The van der Waals surface area contributed by atoms with Crippen molar-refractivity contribution in [1.29, 1.82) is 0 Å². The number of aromatic amines is 1. The predicted octanol–water partition coefficient (Wildman–Crippen LogP) is 4.78. The highest BCUT2D eigenvalue weighted by Gasteiger charge is 2.44. The number of fused-ring (bicyclic) bond motifs is 4. The van der Waals surface area contributed by atoms with Gasteiger partial charge in [-0.1, -0.05) is 0 Å². The van der Waals surface area contributed by atoms with Crippen LogP contribution in [0.1, 0.15) is 38.6 Å². The molecule has 5 rings (SSSR count). The molecule has 12 heteroatoms. The minimum Gasteiger partial charge on any atom is -0.481 e. The van der Waals surface area contributed by atoms with Crippen molar-refractivity contribution in [3.8, 4) is 17.0 Å². The van der Waals surface area contributed by atoms with Crippen LogP contribution in [0.25, 0.3) is 11.1 Å². The van der Waals surface area contributed by atoms with E-state index in [4.69, 9.17) is 4.74 Å². The Hall–Kier alpha value is -3.96. The summed E-state index contributed by atoms with van der Waals surface area (Å²) >= 11 is 0. The van der Waals surface area contributed by atoms with Gasteiger partial charge in [0.2, 0.25) is 5.88 Å². The molecule has 186 valence electrons. The van der Waals surface area contributed by atoms with Crippen LogP contribution >= 0.6 is 0 Å². The highest BCUT2D eigenvalue weighted by Crippen LogP contribution is 2.43. The molecule has 1 aromatic carbocycles. The Bertz CT molecular complexity index is 1370. The lowest BCUT2D eigenvalue weighted by Crippen LogP contribution is -2.45. The number of hydrogen-bond donors (Lipinski definition) is 2. The molecule has 35 heavy (non-hydrogen) atoms. The normalized spacial score (nSPS) is 18.8. The first kappa shape index (κ1) is 22.8. The maximum Gasteiger partial charge on any atom is 0.417 e. The fraction of sp³-hybridized carbons (Fsp3) is 0.304. The molecule has 0 unspecified atom stereocenters. The van der Waals surface area contributed by atoms with Gasteiger partial charge < -0.3 is 15.0 Å². The van der Waals surface area contributed by atoms with Gasteiger partial charge in [0.25, 0.3) is 5.56 Å². The number of carbonyl (C=O) groups is 1. The van der Waals surface area contributed by atoms with Crippen LogP contribution in [0.5, 0.6) is 5.88 Å². The quantitative estimate of drug-likeness (QED) is 0.512. The Balaban J connectivity index is 0.00000190. The van der Waals surface area contributed by atoms with Gasteiger partial charge in [-0.2, -0.15) is 18.3 Å². The number of hydrogen-bond acceptors (Lipinski definition) is 5. The molecule has 0 spiro atoms. The Morgan fingerprint density at radius 1 is 1.26 bits per heavy atom. The van der Waals surface area contributed by atoms with Crippen molar-refractivity contribution in [3.05, 3.63) is 69.5 Å². The Labute approximate surface area is 198 Å². The SMILES string of the molecule is COc1ccc(-c2cc(F)c(NC(=O)N3[C@H]4CC[C@@H]3c3n[nH]c(=O)cc3C4)cc2C(F)(F)F)cn1.[HH].[HH]. The van der Waals surface area contributed by atoms with E-state index in [1.807, 2.05) is 0 Å². The number of benzene rings is 1. The van der Waals surface area contributed by atoms with Gasteiger partial charge in [0.05, 0.1) is 30.1 Å². The smallest absolute Gasteiger partial charge is 0.417 e. The zero-order valence-corrected chi connectivity index (χ0v) is 18.3. The maximum absolute atomic E-state index is 15.0. The number of pyridine rings is 1. The number of anilines is 1. The van der Waals surface area contributed by atoms with Crippen molar-refractivity contribution in [1.82, 2.24) is 20.1 Å². The molecule has 2 N–H and O–H groups in total. The average Bonchev–Trinajstić information content (AvgIpc) is 3.14. The summed E-state index contributed by atoms with van der Waals surface area (Å²) in [4.78, 5) is 30.0. The van der Waals surface area contributed by atoms with Gasteiger partial charge in [-0.05, 0) is 48.6 Å². The number of nitrogens with zero attached hydrogens (tertiary/aromatic N) is 3. The van der Waals surface area contributed by atoms with Gasteiger partial charge in [0.1, 0.15) is 5.82 Å². The molecule has 2 amide bonds. The van der Waals surface area contributed by atoms with Gasteiger partial charge >= 0.3 is 12.2 Å². The van der Waals surface area contributed by atoms with Crippen molar-refractivity contribution in [2.45, 2.75) is 37.5 Å². The zero-order chi connectivity index (χ0) is 24.9. The van der Waals surface area contributed by atoms with Crippen molar-refractivity contribution >= 4 is 11.7 Å². The van der Waals surface area contributed by atoms with E-state index < -0.39 is 40.9 Å². The number of ether oxygens (including phenoxy) is 1. The van der Waals surface area contributed by atoms with E-state index >= 15 is 0 Å². The summed E-state index contributed by atoms with van der Waals surface area (Å²) in [5.41, 5.74) is -1.17. The predicted molar refractivity (Wildman–Crippen MR) is 121 cm³/mol. The molecule has 8 nitrogen and oxygen atoms in total. The van der Waals surface area contributed by atoms with E-state index in [9.17, 15) is 27.2 Å². The van der Waals surface area contributed by atoms with Gasteiger partial charge in [0.15, 0.2) is 0 Å². The molecule has 2 atom stereocenters. The van der Waals surface area contributed by atoms with Crippen LogP contribution < -0.4 is 15.6 Å². The number of rotatable bonds is 3. The number of urea groups is 1. The molecule has 2 aliphatic heterocycles. The zero-order valence-electron chi connectivity index (χ0n) is 18.3. The Kier molecular flexibility index (Phi) is 5.45. The van der Waals surface area contributed by atoms with Crippen LogP contribution in [0.2, 0.25) is 0 Å². The van der Waals surface area contributed by atoms with Crippen LogP contribution in [0.15, 0.2) is 41.3 Å². The number of H-pyrrole nitrogens is 1. The lowest BCUT2D eigenvalue weighted by molar-refractivity contribution is -0.137. The second-order valence-corrected chi connectivity index (χ2v) is 8.40. The minimum atomic E-state index is -4.82. The van der Waals surface area contributed by atoms with E-state index in [1.165, 1.54) is 30.2 Å². The number of carbonyl (C=O) groups excluding carboxylic acids is 1. The number of nitrogens with one attached hydrogen (secondary N) is 2. The fourth-order valence-electron chi connectivity index (χ4n) is 4.80. The Morgan fingerprint density at radius 3 is 2.74 bits per heavy atom. The van der Waals surface area contributed by atoms with Crippen LogP contribution in [0.4, 0.5) is 28.0 Å². The monoisotopic (exact) mass is 493 g/mol. The molecule has 0 radical (unpaired) electrons. The summed E-state index contributed by atoms with van der Waals surface area (Å²) in [6, 6.07) is 3.99. The summed E-state index contributed by atoms with van der Waals surface area (Å²) in [5.74, 6) is -0.827. The van der Waals surface area contributed by atoms with Crippen molar-refractivity contribution in [2.75, 3.05) is 12.4 Å². The summed E-state index contributed by atoms with van der Waals surface area (Å²) in [6.07, 6.45) is -2.08. The van der Waals surface area contributed by atoms with E-state index in [-0.39, 0.29) is 25.9 Å². The van der Waals surface area contributed by atoms with E-state index in [0.29, 0.717) is 31.0 Å². The average molecular weight is 493 g/mol. The molecule has 1 fully saturated rings. The van der Waals surface area contributed by atoms with Crippen molar-refractivity contribution in [2.24, 2.45) is 0 Å². The van der Waals surface area contributed by atoms with Crippen molar-refractivity contribution < 1.29 is 29.9 Å². The van der Waals surface area contributed by atoms with Gasteiger partial charge in [-0.3, -0.25) is 4.79 Å². The maximum atomic E-state index is 15.0. The first-order chi connectivity index (χ1) is 16.7. The number of aromatic nitrogens is 3. The molecule has 2 bridgehead atoms. The number of halogens is 4. The van der Waals surface area contributed by atoms with Crippen LogP contribution in [-0.2, 0) is 12.6 Å². The van der Waals surface area contributed by atoms with E-state index in [0.717, 1.165) is 17.8 Å². The molecular formula is C23H23F4N5O3. The fourth-order valence-corrected chi connectivity index (χ4v) is 4.80. The number of alkyl halides is 3. The summed E-state index contributed by atoms with van der Waals surface area (Å²) in [5, 5.41) is 8.72. The summed E-state index contributed by atoms with van der Waals surface area (Å²) in [6.45, 7) is 0. The number of methoxy groups -OCH3 is 1. The summed E-state index contributed by atoms with van der Waals surface area (Å²) < 4.78 is 61.6. The largest absolute Gasteiger partial charge is 0.481 e. The standard InChI is InChI=1S/C23H19F4N5O3.2H2/c1-35-20-5-2-11(10-28-20)14-8-16(24)17(9-15(14)23(25,26)27)29-22(34)32-13-3-4-18(32)21-12(6-13)7-19(33)30-31-21;;/h2,5,7-10,13,18H,3-4,6H2,1H3,(H,29,34)(H,30,33);2*1H/t13-,18+;;/m0../s1. The first-order valence-electron chi connectivity index (χ1n) is 10.7. The van der Waals surface area contributed by atoms with Gasteiger partial charge in [-0.25, -0.2) is 19.3 Å². The Morgan fingerprint density at radius 2 is 2.06 bits per heavy atom. The molecular weight excluding hydrogens is 470 g/mol. The molecule has 2 aromatic heterocycles. The van der Waals surface area contributed by atoms with Gasteiger partial charge in [0, 0.05) is 32.8 Å². The third-order valence-electron chi connectivity index (χ3n) is 6.34. The highest BCUT2D eigenvalue weighted by molar-refractivity contribution is 5.91. The topological polar surface area (TPSA) is 100 Å². The lowest BCUT2D eigenvalue weighted by atomic mass is 9.98. The molecule has 4 heterocycles. The van der Waals surface area contributed by atoms with Crippen LogP contribution in [0.3, 0.4) is 0 Å². The van der Waals surface area contributed by atoms with Gasteiger partial charge in [-0.15, -0.1) is 0 Å². The van der Waals surface area contributed by atoms with Crippen molar-refractivity contribution in [3.63, 3.8) is 0 Å². The summed E-state index contributed by atoms with van der Waals surface area (Å²) in [7, 11) is 1.36. The number of amides is 2. The molecule has 0 saturated carbocycles. The van der Waals surface area contributed by atoms with Crippen LogP contribution in [0, 0.1) is 5.82 Å². The molecule has 0 aliphatic carbocycles. The molecule has 3 aromatic rings.